The maximum absolute atomic E-state index is 8.72. The molecule has 0 saturated carbocycles. The van der Waals surface area contributed by atoms with E-state index < -0.39 is 0 Å². The number of aromatic nitrogens is 2. The normalized spacial score (nSPS) is 10.6. The summed E-state index contributed by atoms with van der Waals surface area (Å²) in [6.07, 6.45) is 0. The molecule has 18 heavy (non-hydrogen) atoms. The highest BCUT2D eigenvalue weighted by Crippen LogP contribution is 2.20. The number of nitriles is 1. The minimum absolute atomic E-state index is 0.499. The molecule has 0 atom stereocenters. The van der Waals surface area contributed by atoms with Gasteiger partial charge in [-0.05, 0) is 29.5 Å². The summed E-state index contributed by atoms with van der Waals surface area (Å²) in [5, 5.41) is 13.2. The van der Waals surface area contributed by atoms with Gasteiger partial charge in [-0.3, -0.25) is 0 Å². The van der Waals surface area contributed by atoms with Gasteiger partial charge in [-0.15, -0.1) is 0 Å². The molecule has 0 aliphatic rings. The van der Waals surface area contributed by atoms with Gasteiger partial charge in [0, 0.05) is 5.56 Å². The molecular weight excluding hydrogens is 246 g/mol. The summed E-state index contributed by atoms with van der Waals surface area (Å²) in [7, 11) is 0. The molecule has 0 spiro atoms. The van der Waals surface area contributed by atoms with Gasteiger partial charge in [0.15, 0.2) is 5.82 Å². The number of hydrogen-bond donors (Lipinski definition) is 0. The van der Waals surface area contributed by atoms with E-state index >= 15 is 0 Å². The number of hydrogen-bond acceptors (Lipinski definition) is 5. The van der Waals surface area contributed by atoms with Crippen LogP contribution in [0.5, 0.6) is 0 Å². The van der Waals surface area contributed by atoms with Crippen molar-refractivity contribution in [3.8, 4) is 17.5 Å². The summed E-state index contributed by atoms with van der Waals surface area (Å²) in [5.74, 6) is 1.95. The lowest BCUT2D eigenvalue weighted by Gasteiger charge is -1.99. The highest BCUT2D eigenvalue weighted by Gasteiger charge is 2.09. The highest BCUT2D eigenvalue weighted by atomic mass is 32.2. The fourth-order valence-electron chi connectivity index (χ4n) is 1.36. The molecule has 92 valence electrons. The zero-order valence-corrected chi connectivity index (χ0v) is 11.1. The van der Waals surface area contributed by atoms with E-state index in [0.29, 0.717) is 22.5 Å². The second-order valence-electron chi connectivity index (χ2n) is 4.06. The molecule has 1 heterocycles. The fraction of sp³-hybridized carbons (Fsp3) is 0.308. The topological polar surface area (TPSA) is 62.7 Å². The monoisotopic (exact) mass is 259 g/mol. The van der Waals surface area contributed by atoms with Crippen molar-refractivity contribution in [2.45, 2.75) is 24.9 Å². The predicted octanol–water partition coefficient (Wildman–Crippen LogP) is 3.25. The summed E-state index contributed by atoms with van der Waals surface area (Å²) in [6, 6.07) is 9.17. The van der Waals surface area contributed by atoms with Gasteiger partial charge in [-0.1, -0.05) is 19.0 Å². The Morgan fingerprint density at radius 3 is 2.67 bits per heavy atom. The smallest absolute Gasteiger partial charge is 0.257 e. The van der Waals surface area contributed by atoms with Crippen LogP contribution < -0.4 is 0 Å². The van der Waals surface area contributed by atoms with Crippen molar-refractivity contribution in [3.05, 3.63) is 35.7 Å². The second kappa shape index (κ2) is 5.69. The van der Waals surface area contributed by atoms with Crippen LogP contribution in [-0.2, 0) is 5.75 Å². The van der Waals surface area contributed by atoms with Gasteiger partial charge in [0.2, 0.25) is 0 Å². The van der Waals surface area contributed by atoms with E-state index in [1.807, 2.05) is 12.1 Å². The van der Waals surface area contributed by atoms with Gasteiger partial charge < -0.3 is 4.52 Å². The van der Waals surface area contributed by atoms with Gasteiger partial charge in [0.1, 0.15) is 0 Å². The number of benzene rings is 1. The molecule has 1 aromatic heterocycles. The number of nitrogens with zero attached hydrogens (tertiary/aromatic N) is 3. The molecule has 0 fully saturated rings. The lowest BCUT2D eigenvalue weighted by molar-refractivity contribution is 0.425. The Bertz CT molecular complexity index is 554. The van der Waals surface area contributed by atoms with Crippen LogP contribution in [0, 0.1) is 11.3 Å². The molecule has 0 amide bonds. The Balaban J connectivity index is 2.11. The molecule has 0 radical (unpaired) electrons. The van der Waals surface area contributed by atoms with Crippen LogP contribution in [-0.4, -0.2) is 15.4 Å². The lowest BCUT2D eigenvalue weighted by atomic mass is 10.1. The zero-order valence-electron chi connectivity index (χ0n) is 10.3. The summed E-state index contributed by atoms with van der Waals surface area (Å²) in [5.41, 5.74) is 1.45. The van der Waals surface area contributed by atoms with Gasteiger partial charge >= 0.3 is 0 Å². The largest absolute Gasteiger partial charge is 0.334 e. The predicted molar refractivity (Wildman–Crippen MR) is 70.9 cm³/mol. The molecular formula is C13H13N3OS. The van der Waals surface area contributed by atoms with Crippen LogP contribution in [0.15, 0.2) is 28.8 Å². The van der Waals surface area contributed by atoms with Crippen LogP contribution in [0.1, 0.15) is 25.2 Å². The first-order valence-corrected chi connectivity index (χ1v) is 6.68. The van der Waals surface area contributed by atoms with E-state index in [9.17, 15) is 0 Å². The molecule has 0 aliphatic carbocycles. The van der Waals surface area contributed by atoms with Crippen LogP contribution in [0.2, 0.25) is 0 Å². The first-order chi connectivity index (χ1) is 8.69. The van der Waals surface area contributed by atoms with Crippen molar-refractivity contribution in [1.29, 1.82) is 5.26 Å². The zero-order chi connectivity index (χ0) is 13.0. The lowest BCUT2D eigenvalue weighted by Crippen LogP contribution is -1.90. The van der Waals surface area contributed by atoms with Crippen LogP contribution >= 0.6 is 11.8 Å². The molecule has 2 rings (SSSR count). The van der Waals surface area contributed by atoms with E-state index in [4.69, 9.17) is 9.78 Å². The Morgan fingerprint density at radius 2 is 2.06 bits per heavy atom. The van der Waals surface area contributed by atoms with Crippen molar-refractivity contribution in [2.24, 2.45) is 0 Å². The Morgan fingerprint density at radius 1 is 1.33 bits per heavy atom. The van der Waals surface area contributed by atoms with Crippen LogP contribution in [0.25, 0.3) is 11.5 Å². The third-order valence-corrected chi connectivity index (χ3v) is 3.37. The molecule has 0 N–H and O–H groups in total. The minimum Gasteiger partial charge on any atom is -0.334 e. The van der Waals surface area contributed by atoms with E-state index in [-0.39, 0.29) is 0 Å². The van der Waals surface area contributed by atoms with Gasteiger partial charge in [0.25, 0.3) is 5.89 Å². The molecule has 5 heteroatoms. The highest BCUT2D eigenvalue weighted by molar-refractivity contribution is 7.99. The average Bonchev–Trinajstić information content (AvgIpc) is 2.85. The molecule has 4 nitrogen and oxygen atoms in total. The average molecular weight is 259 g/mol. The van der Waals surface area contributed by atoms with Crippen molar-refractivity contribution in [3.63, 3.8) is 0 Å². The van der Waals surface area contributed by atoms with Crippen molar-refractivity contribution in [1.82, 2.24) is 10.1 Å². The second-order valence-corrected chi connectivity index (χ2v) is 5.63. The number of thioether (sulfide) groups is 1. The summed E-state index contributed by atoms with van der Waals surface area (Å²) < 4.78 is 5.20. The standard InChI is InChI=1S/C13H13N3OS/c1-9(2)18-8-12-15-13(17-16-12)11-5-3-10(7-14)4-6-11/h3-6,9H,8H2,1-2H3. The summed E-state index contributed by atoms with van der Waals surface area (Å²) in [6.45, 7) is 4.26. The molecule has 0 aliphatic heterocycles. The summed E-state index contributed by atoms with van der Waals surface area (Å²) in [4.78, 5) is 4.33. The number of rotatable bonds is 4. The molecule has 0 saturated heterocycles. The SMILES string of the molecule is CC(C)SCc1noc(-c2ccc(C#N)cc2)n1. The summed E-state index contributed by atoms with van der Waals surface area (Å²) >= 11 is 1.77. The Hall–Kier alpha value is -1.80. The van der Waals surface area contributed by atoms with Crippen molar-refractivity contribution < 1.29 is 4.52 Å². The molecule has 1 aromatic carbocycles. The molecule has 0 bridgehead atoms. The van der Waals surface area contributed by atoms with Crippen LogP contribution in [0.4, 0.5) is 0 Å². The van der Waals surface area contributed by atoms with Crippen molar-refractivity contribution >= 4 is 11.8 Å². The maximum Gasteiger partial charge on any atom is 0.257 e. The maximum atomic E-state index is 8.72. The minimum atomic E-state index is 0.499. The first kappa shape index (κ1) is 12.7. The van der Waals surface area contributed by atoms with E-state index in [0.717, 1.165) is 11.3 Å². The van der Waals surface area contributed by atoms with E-state index in [1.54, 1.807) is 23.9 Å². The van der Waals surface area contributed by atoms with E-state index in [1.165, 1.54) is 0 Å². The van der Waals surface area contributed by atoms with Gasteiger partial charge in [-0.25, -0.2) is 0 Å². The quantitative estimate of drug-likeness (QED) is 0.843. The van der Waals surface area contributed by atoms with Gasteiger partial charge in [-0.2, -0.15) is 22.0 Å². The van der Waals surface area contributed by atoms with Gasteiger partial charge in [0.05, 0.1) is 17.4 Å². The Labute approximate surface area is 110 Å². The Kier molecular flexibility index (Phi) is 4.00. The third kappa shape index (κ3) is 3.11. The van der Waals surface area contributed by atoms with Crippen LogP contribution in [0.3, 0.4) is 0 Å². The van der Waals surface area contributed by atoms with E-state index in [2.05, 4.69) is 30.1 Å². The molecule has 0 unspecified atom stereocenters. The first-order valence-electron chi connectivity index (χ1n) is 5.64. The molecule has 2 aromatic rings. The fourth-order valence-corrected chi connectivity index (χ4v) is 1.96. The van der Waals surface area contributed by atoms with Crippen molar-refractivity contribution in [2.75, 3.05) is 0 Å². The third-order valence-electron chi connectivity index (χ3n) is 2.27.